The van der Waals surface area contributed by atoms with Crippen LogP contribution in [0.25, 0.3) is 21.3 Å². The number of aryl methyl sites for hydroxylation is 1. The number of hydrogen-bond acceptors (Lipinski definition) is 9. The number of aromatic nitrogens is 1. The largest absolute Gasteiger partial charge is 0.378 e. The summed E-state index contributed by atoms with van der Waals surface area (Å²) in [6.45, 7) is 10.4. The number of nitrogens with two attached hydrogens (primary N) is 1. The molecule has 3 aliphatic rings. The van der Waals surface area contributed by atoms with Gasteiger partial charge in [0.05, 0.1) is 48.4 Å². The molecule has 0 radical (unpaired) electrons. The van der Waals surface area contributed by atoms with Crippen molar-refractivity contribution in [2.75, 3.05) is 46.1 Å². The fourth-order valence-electron chi connectivity index (χ4n) is 6.67. The summed E-state index contributed by atoms with van der Waals surface area (Å²) >= 11 is 8.22. The monoisotopic (exact) mass is 653 g/mol. The molecule has 6 rings (SSSR count). The number of thiophene rings is 1. The first kappa shape index (κ1) is 32.0. The summed E-state index contributed by atoms with van der Waals surface area (Å²) in [6, 6.07) is 8.27. The van der Waals surface area contributed by atoms with Gasteiger partial charge in [-0.1, -0.05) is 11.6 Å². The minimum absolute atomic E-state index is 0.0161. The maximum Gasteiger partial charge on any atom is 0.248 e. The van der Waals surface area contributed by atoms with Crippen LogP contribution in [0, 0.1) is 18.8 Å². The Morgan fingerprint density at radius 3 is 2.44 bits per heavy atom. The second-order valence-corrected chi connectivity index (χ2v) is 13.9. The number of nitrogens with zero attached hydrogens (tertiary/aromatic N) is 4. The van der Waals surface area contributed by atoms with Crippen LogP contribution in [0.15, 0.2) is 30.5 Å². The van der Waals surface area contributed by atoms with E-state index < -0.39 is 0 Å². The molecule has 2 N–H and O–H groups in total. The van der Waals surface area contributed by atoms with E-state index in [0.717, 1.165) is 31.8 Å². The standard InChI is InChI=1S/C33H40ClN5O5S/c1-19-10-22(34)11-25(24-4-6-36-29-12-23(45-31(24)29)16-39-32(41)26-13-27(26)33(39)42)28(19)17-38-20(2)14-37(15-21(38)3)30(40)18-44-9-8-43-7-5-35/h4,6,10-12,20-21,26-27H,5,7-9,13-18,35H2,1-3H3/t20-,21-,26?,27?/m0/s1. The molecule has 1 saturated carbocycles. The molecular weight excluding hydrogens is 614 g/mol. The third-order valence-electron chi connectivity index (χ3n) is 9.12. The highest BCUT2D eigenvalue weighted by atomic mass is 35.5. The van der Waals surface area contributed by atoms with E-state index in [1.54, 1.807) is 17.5 Å². The van der Waals surface area contributed by atoms with Gasteiger partial charge in [-0.25, -0.2) is 0 Å². The van der Waals surface area contributed by atoms with Crippen molar-refractivity contribution in [1.29, 1.82) is 0 Å². The summed E-state index contributed by atoms with van der Waals surface area (Å²) in [4.78, 5) is 49.5. The van der Waals surface area contributed by atoms with E-state index in [1.165, 1.54) is 10.5 Å². The third-order valence-corrected chi connectivity index (χ3v) is 10.5. The molecule has 45 heavy (non-hydrogen) atoms. The first-order valence-corrected chi connectivity index (χ1v) is 16.8. The van der Waals surface area contributed by atoms with E-state index in [-0.39, 0.29) is 54.8 Å². The van der Waals surface area contributed by atoms with Crippen molar-refractivity contribution in [3.05, 3.63) is 51.5 Å². The molecule has 3 amide bonds. The highest BCUT2D eigenvalue weighted by Gasteiger charge is 2.58. The molecule has 3 fully saturated rings. The molecule has 2 unspecified atom stereocenters. The van der Waals surface area contributed by atoms with Gasteiger partial charge in [0.1, 0.15) is 6.61 Å². The Kier molecular flexibility index (Phi) is 9.56. The lowest BCUT2D eigenvalue weighted by atomic mass is 9.94. The van der Waals surface area contributed by atoms with E-state index in [9.17, 15) is 14.4 Å². The average Bonchev–Trinajstić information content (AvgIpc) is 3.64. The normalized spacial score (nSPS) is 23.3. The van der Waals surface area contributed by atoms with Crippen LogP contribution in [0.1, 0.15) is 36.3 Å². The lowest BCUT2D eigenvalue weighted by Gasteiger charge is -2.45. The highest BCUT2D eigenvalue weighted by Crippen LogP contribution is 2.48. The zero-order chi connectivity index (χ0) is 31.8. The lowest BCUT2D eigenvalue weighted by Crippen LogP contribution is -2.58. The third kappa shape index (κ3) is 6.65. The molecule has 2 aromatic heterocycles. The van der Waals surface area contributed by atoms with Gasteiger partial charge in [0, 0.05) is 59.9 Å². The van der Waals surface area contributed by atoms with E-state index in [1.807, 2.05) is 29.2 Å². The number of hydrogen-bond donors (Lipinski definition) is 1. The highest BCUT2D eigenvalue weighted by molar-refractivity contribution is 7.19. The molecule has 4 atom stereocenters. The van der Waals surface area contributed by atoms with Crippen LogP contribution >= 0.6 is 22.9 Å². The number of ether oxygens (including phenoxy) is 2. The van der Waals surface area contributed by atoms with Gasteiger partial charge in [-0.15, -0.1) is 11.3 Å². The Labute approximate surface area is 272 Å². The van der Waals surface area contributed by atoms with Gasteiger partial charge in [0.25, 0.3) is 0 Å². The van der Waals surface area contributed by atoms with Crippen molar-refractivity contribution in [3.63, 3.8) is 0 Å². The molecule has 10 nitrogen and oxygen atoms in total. The molecule has 0 spiro atoms. The first-order valence-electron chi connectivity index (χ1n) is 15.6. The summed E-state index contributed by atoms with van der Waals surface area (Å²) in [6.07, 6.45) is 2.50. The quantitative estimate of drug-likeness (QED) is 0.231. The van der Waals surface area contributed by atoms with Gasteiger partial charge < -0.3 is 20.1 Å². The molecule has 0 bridgehead atoms. The van der Waals surface area contributed by atoms with E-state index in [4.69, 9.17) is 26.8 Å². The molecule has 1 aromatic carbocycles. The number of amides is 3. The Bertz CT molecular complexity index is 1580. The smallest absolute Gasteiger partial charge is 0.248 e. The number of carbonyl (C=O) groups is 3. The van der Waals surface area contributed by atoms with Crippen molar-refractivity contribution >= 4 is 50.9 Å². The van der Waals surface area contributed by atoms with Crippen molar-refractivity contribution < 1.29 is 23.9 Å². The van der Waals surface area contributed by atoms with E-state index in [2.05, 4.69) is 30.7 Å². The predicted molar refractivity (Wildman–Crippen MR) is 174 cm³/mol. The second kappa shape index (κ2) is 13.4. The van der Waals surface area contributed by atoms with Gasteiger partial charge >= 0.3 is 0 Å². The Morgan fingerprint density at radius 2 is 1.73 bits per heavy atom. The number of fused-ring (bicyclic) bond motifs is 2. The van der Waals surface area contributed by atoms with Crippen LogP contribution in [0.2, 0.25) is 5.02 Å². The van der Waals surface area contributed by atoms with Crippen LogP contribution in [0.5, 0.6) is 0 Å². The minimum atomic E-state index is -0.109. The van der Waals surface area contributed by atoms with Gasteiger partial charge in [-0.2, -0.15) is 0 Å². The van der Waals surface area contributed by atoms with Crippen molar-refractivity contribution in [3.8, 4) is 11.1 Å². The van der Waals surface area contributed by atoms with Crippen LogP contribution in [-0.2, 0) is 36.9 Å². The molecule has 240 valence electrons. The van der Waals surface area contributed by atoms with Crippen molar-refractivity contribution in [2.45, 2.75) is 52.4 Å². The number of halogens is 1. The predicted octanol–water partition coefficient (Wildman–Crippen LogP) is 3.84. The fourth-order valence-corrected chi connectivity index (χ4v) is 8.07. The maximum absolute atomic E-state index is 12.9. The molecule has 3 aromatic rings. The van der Waals surface area contributed by atoms with Gasteiger partial charge in [-0.3, -0.25) is 29.2 Å². The van der Waals surface area contributed by atoms with Crippen LogP contribution in [-0.4, -0.2) is 95.6 Å². The average molecular weight is 654 g/mol. The van der Waals surface area contributed by atoms with Crippen LogP contribution in [0.3, 0.4) is 0 Å². The van der Waals surface area contributed by atoms with Gasteiger partial charge in [-0.05, 0) is 68.1 Å². The van der Waals surface area contributed by atoms with Crippen molar-refractivity contribution in [2.24, 2.45) is 17.6 Å². The lowest BCUT2D eigenvalue weighted by molar-refractivity contribution is -0.142. The molecule has 4 heterocycles. The Balaban J connectivity index is 1.19. The summed E-state index contributed by atoms with van der Waals surface area (Å²) in [7, 11) is 0. The summed E-state index contributed by atoms with van der Waals surface area (Å²) in [5.41, 5.74) is 10.6. The molecule has 2 aliphatic heterocycles. The number of carbonyl (C=O) groups excluding carboxylic acids is 3. The summed E-state index contributed by atoms with van der Waals surface area (Å²) in [5.74, 6) is -0.329. The number of rotatable bonds is 12. The maximum atomic E-state index is 12.9. The Morgan fingerprint density at radius 1 is 1.02 bits per heavy atom. The minimum Gasteiger partial charge on any atom is -0.378 e. The number of piperidine rings is 1. The number of imide groups is 1. The van der Waals surface area contributed by atoms with Crippen LogP contribution in [0.4, 0.5) is 0 Å². The van der Waals surface area contributed by atoms with E-state index in [0.29, 0.717) is 57.4 Å². The second-order valence-electron chi connectivity index (χ2n) is 12.4. The number of pyridine rings is 1. The molecule has 1 aliphatic carbocycles. The zero-order valence-corrected chi connectivity index (χ0v) is 27.5. The van der Waals surface area contributed by atoms with Crippen LogP contribution < -0.4 is 5.73 Å². The topological polar surface area (TPSA) is 118 Å². The number of benzene rings is 1. The van der Waals surface area contributed by atoms with Gasteiger partial charge in [0.2, 0.25) is 17.7 Å². The molecular formula is C33H40ClN5O5S. The van der Waals surface area contributed by atoms with E-state index >= 15 is 0 Å². The number of piperazine rings is 1. The number of likely N-dealkylation sites (tertiary alicyclic amines) is 1. The molecule has 2 saturated heterocycles. The summed E-state index contributed by atoms with van der Waals surface area (Å²) < 4.78 is 11.9. The fraction of sp³-hybridized carbons (Fsp3) is 0.515. The Hall–Kier alpha value is -2.93. The zero-order valence-electron chi connectivity index (χ0n) is 26.0. The summed E-state index contributed by atoms with van der Waals surface area (Å²) in [5, 5.41) is 0.658. The van der Waals surface area contributed by atoms with Crippen molar-refractivity contribution in [1.82, 2.24) is 19.7 Å². The van der Waals surface area contributed by atoms with Gasteiger partial charge in [0.15, 0.2) is 0 Å². The first-order chi connectivity index (χ1) is 21.7. The SMILES string of the molecule is Cc1cc(Cl)cc(-c2ccnc3cc(CN4C(=O)C5CC5C4=O)sc23)c1CN1[C@@H](C)CN(C(=O)COCCOCCN)C[C@@H]1C. The molecule has 12 heteroatoms.